The molecule has 2 rings (SSSR count). The molecule has 0 unspecified atom stereocenters. The first-order valence-corrected chi connectivity index (χ1v) is 7.29. The zero-order valence-corrected chi connectivity index (χ0v) is 13.2. The average molecular weight is 392 g/mol. The number of aromatic nitrogens is 2. The van der Waals surface area contributed by atoms with Crippen LogP contribution in [0.2, 0.25) is 5.02 Å². The van der Waals surface area contributed by atoms with E-state index in [1.54, 1.807) is 12.3 Å². The van der Waals surface area contributed by atoms with Crippen LogP contribution < -0.4 is 5.32 Å². The third-order valence-electron chi connectivity index (χ3n) is 2.46. The molecule has 0 spiro atoms. The maximum Gasteiger partial charge on any atom is 0.161 e. The van der Waals surface area contributed by atoms with E-state index in [2.05, 4.69) is 44.8 Å². The van der Waals surface area contributed by atoms with E-state index >= 15 is 0 Å². The Kier molecular flexibility index (Phi) is 4.93. The van der Waals surface area contributed by atoms with Crippen LogP contribution in [0.3, 0.4) is 0 Å². The summed E-state index contributed by atoms with van der Waals surface area (Å²) in [6, 6.07) is 4.55. The van der Waals surface area contributed by atoms with Gasteiger partial charge in [0, 0.05) is 18.3 Å². The number of benzene rings is 1. The van der Waals surface area contributed by atoms with Crippen molar-refractivity contribution >= 4 is 40.0 Å². The van der Waals surface area contributed by atoms with Crippen molar-refractivity contribution in [1.29, 1.82) is 0 Å². The number of rotatable bonds is 4. The average Bonchev–Trinajstić information content (AvgIpc) is 2.41. The molecule has 1 N–H and O–H groups in total. The van der Waals surface area contributed by atoms with Gasteiger partial charge in [-0.1, -0.05) is 18.5 Å². The Hall–Kier alpha value is -0.950. The van der Waals surface area contributed by atoms with Crippen molar-refractivity contribution in [2.45, 2.75) is 13.3 Å². The molecule has 1 heterocycles. The largest absolute Gasteiger partial charge is 0.369 e. The Morgan fingerprint density at radius 1 is 1.42 bits per heavy atom. The van der Waals surface area contributed by atoms with E-state index in [4.69, 9.17) is 11.6 Å². The lowest BCUT2D eigenvalue weighted by Crippen LogP contribution is -2.05. The molecule has 0 saturated carbocycles. The van der Waals surface area contributed by atoms with E-state index in [-0.39, 0.29) is 5.02 Å². The SMILES string of the molecule is CCCNc1nc(-c2ccc(Cl)c(F)c2)ncc1I. The van der Waals surface area contributed by atoms with E-state index in [1.165, 1.54) is 12.1 Å². The third kappa shape index (κ3) is 3.54. The molecule has 0 aliphatic rings. The van der Waals surface area contributed by atoms with Crippen molar-refractivity contribution in [2.24, 2.45) is 0 Å². The molecule has 2 aromatic rings. The summed E-state index contributed by atoms with van der Waals surface area (Å²) in [4.78, 5) is 8.63. The topological polar surface area (TPSA) is 37.8 Å². The normalized spacial score (nSPS) is 10.5. The fraction of sp³-hybridized carbons (Fsp3) is 0.231. The minimum absolute atomic E-state index is 0.0959. The van der Waals surface area contributed by atoms with Crippen molar-refractivity contribution < 1.29 is 4.39 Å². The zero-order chi connectivity index (χ0) is 13.8. The highest BCUT2D eigenvalue weighted by Crippen LogP contribution is 2.24. The van der Waals surface area contributed by atoms with Gasteiger partial charge in [0.2, 0.25) is 0 Å². The van der Waals surface area contributed by atoms with E-state index in [0.29, 0.717) is 11.4 Å². The predicted octanol–water partition coefficient (Wildman–Crippen LogP) is 4.36. The summed E-state index contributed by atoms with van der Waals surface area (Å²) >= 11 is 7.83. The van der Waals surface area contributed by atoms with Gasteiger partial charge in [-0.05, 0) is 47.2 Å². The fourth-order valence-electron chi connectivity index (χ4n) is 1.51. The molecule has 0 aliphatic carbocycles. The van der Waals surface area contributed by atoms with Gasteiger partial charge in [0.15, 0.2) is 5.82 Å². The van der Waals surface area contributed by atoms with Gasteiger partial charge in [-0.15, -0.1) is 0 Å². The minimum atomic E-state index is -0.468. The van der Waals surface area contributed by atoms with Crippen molar-refractivity contribution in [2.75, 3.05) is 11.9 Å². The lowest BCUT2D eigenvalue weighted by molar-refractivity contribution is 0.628. The quantitative estimate of drug-likeness (QED) is 0.787. The monoisotopic (exact) mass is 391 g/mol. The highest BCUT2D eigenvalue weighted by atomic mass is 127. The lowest BCUT2D eigenvalue weighted by Gasteiger charge is -2.08. The molecule has 0 fully saturated rings. The standard InChI is InChI=1S/C13H12ClFIN3/c1-2-5-17-13-11(16)7-18-12(19-13)8-3-4-9(14)10(15)6-8/h3-4,6-7H,2,5H2,1H3,(H,17,18,19). The summed E-state index contributed by atoms with van der Waals surface area (Å²) in [5, 5.41) is 3.32. The van der Waals surface area contributed by atoms with Crippen LogP contribution in [-0.4, -0.2) is 16.5 Å². The number of nitrogens with one attached hydrogen (secondary N) is 1. The summed E-state index contributed by atoms with van der Waals surface area (Å²) in [7, 11) is 0. The van der Waals surface area contributed by atoms with Crippen LogP contribution in [0, 0.1) is 9.39 Å². The Labute approximate surface area is 129 Å². The number of anilines is 1. The maximum absolute atomic E-state index is 13.4. The second-order valence-electron chi connectivity index (χ2n) is 3.95. The summed E-state index contributed by atoms with van der Waals surface area (Å²) in [5.74, 6) is 0.779. The van der Waals surface area contributed by atoms with Crippen LogP contribution in [0.1, 0.15) is 13.3 Å². The van der Waals surface area contributed by atoms with Gasteiger partial charge < -0.3 is 5.32 Å². The molecule has 0 saturated heterocycles. The molecule has 0 amide bonds. The Morgan fingerprint density at radius 2 is 2.21 bits per heavy atom. The third-order valence-corrected chi connectivity index (χ3v) is 3.56. The molecular weight excluding hydrogens is 380 g/mol. The van der Waals surface area contributed by atoms with Gasteiger partial charge in [0.05, 0.1) is 8.59 Å². The smallest absolute Gasteiger partial charge is 0.161 e. The van der Waals surface area contributed by atoms with E-state index in [0.717, 1.165) is 22.4 Å². The molecule has 19 heavy (non-hydrogen) atoms. The number of nitrogens with zero attached hydrogens (tertiary/aromatic N) is 2. The molecule has 3 nitrogen and oxygen atoms in total. The lowest BCUT2D eigenvalue weighted by atomic mass is 10.2. The zero-order valence-electron chi connectivity index (χ0n) is 10.3. The second kappa shape index (κ2) is 6.47. The van der Waals surface area contributed by atoms with Gasteiger partial charge in [0.1, 0.15) is 11.6 Å². The Bertz CT molecular complexity index is 592. The van der Waals surface area contributed by atoms with Crippen molar-refractivity contribution in [3.63, 3.8) is 0 Å². The second-order valence-corrected chi connectivity index (χ2v) is 5.52. The molecular formula is C13H12ClFIN3. The van der Waals surface area contributed by atoms with Gasteiger partial charge in [-0.2, -0.15) is 0 Å². The van der Waals surface area contributed by atoms with Crippen LogP contribution in [0.15, 0.2) is 24.4 Å². The van der Waals surface area contributed by atoms with Crippen LogP contribution in [0.25, 0.3) is 11.4 Å². The van der Waals surface area contributed by atoms with Gasteiger partial charge in [0.25, 0.3) is 0 Å². The Morgan fingerprint density at radius 3 is 2.89 bits per heavy atom. The van der Waals surface area contributed by atoms with Crippen molar-refractivity contribution in [1.82, 2.24) is 9.97 Å². The van der Waals surface area contributed by atoms with Crippen LogP contribution in [0.4, 0.5) is 10.2 Å². The molecule has 0 aliphatic heterocycles. The van der Waals surface area contributed by atoms with Gasteiger partial charge in [-0.25, -0.2) is 14.4 Å². The first-order chi connectivity index (χ1) is 9.11. The first kappa shape index (κ1) is 14.5. The molecule has 100 valence electrons. The highest BCUT2D eigenvalue weighted by Gasteiger charge is 2.09. The van der Waals surface area contributed by atoms with Crippen LogP contribution in [0.5, 0.6) is 0 Å². The first-order valence-electron chi connectivity index (χ1n) is 5.83. The van der Waals surface area contributed by atoms with Crippen molar-refractivity contribution in [3.05, 3.63) is 38.8 Å². The maximum atomic E-state index is 13.4. The minimum Gasteiger partial charge on any atom is -0.369 e. The Balaban J connectivity index is 2.36. The van der Waals surface area contributed by atoms with E-state index < -0.39 is 5.82 Å². The number of halogens is 3. The highest BCUT2D eigenvalue weighted by molar-refractivity contribution is 14.1. The fourth-order valence-corrected chi connectivity index (χ4v) is 2.08. The molecule has 0 radical (unpaired) electrons. The van der Waals surface area contributed by atoms with Crippen LogP contribution >= 0.6 is 34.2 Å². The van der Waals surface area contributed by atoms with E-state index in [9.17, 15) is 4.39 Å². The summed E-state index contributed by atoms with van der Waals surface area (Å²) in [6.07, 6.45) is 2.72. The molecule has 1 aromatic carbocycles. The van der Waals surface area contributed by atoms with E-state index in [1.807, 2.05) is 0 Å². The molecule has 1 aromatic heterocycles. The molecule has 0 bridgehead atoms. The summed E-state index contributed by atoms with van der Waals surface area (Å²) in [5.41, 5.74) is 0.609. The molecule has 0 atom stereocenters. The van der Waals surface area contributed by atoms with Crippen molar-refractivity contribution in [3.8, 4) is 11.4 Å². The number of hydrogen-bond acceptors (Lipinski definition) is 3. The predicted molar refractivity (Wildman–Crippen MR) is 83.9 cm³/mol. The number of hydrogen-bond donors (Lipinski definition) is 1. The van der Waals surface area contributed by atoms with Gasteiger partial charge >= 0.3 is 0 Å². The summed E-state index contributed by atoms with van der Waals surface area (Å²) < 4.78 is 14.4. The van der Waals surface area contributed by atoms with Gasteiger partial charge in [-0.3, -0.25) is 0 Å². The summed E-state index contributed by atoms with van der Waals surface area (Å²) in [6.45, 7) is 2.91. The van der Waals surface area contributed by atoms with Crippen LogP contribution in [-0.2, 0) is 0 Å². The molecule has 6 heteroatoms.